The van der Waals surface area contributed by atoms with Crippen LogP contribution in [0.4, 0.5) is 0 Å². The predicted molar refractivity (Wildman–Crippen MR) is 44.6 cm³/mol. The number of rotatable bonds is 0. The van der Waals surface area contributed by atoms with Crippen molar-refractivity contribution in [2.24, 2.45) is 5.41 Å². The van der Waals surface area contributed by atoms with Crippen molar-refractivity contribution in [2.75, 3.05) is 0 Å². The zero-order chi connectivity index (χ0) is 9.35. The molecule has 0 aromatic carbocycles. The Morgan fingerprint density at radius 2 is 2.08 bits per heavy atom. The topological polar surface area (TPSA) is 46.5 Å². The van der Waals surface area contributed by atoms with Crippen LogP contribution in [0.1, 0.15) is 33.6 Å². The second-order valence-electron chi connectivity index (χ2n) is 4.44. The highest BCUT2D eigenvalue weighted by Gasteiger charge is 2.35. The molecule has 2 atom stereocenters. The quantitative estimate of drug-likeness (QED) is 0.556. The minimum Gasteiger partial charge on any atom is -0.462 e. The fourth-order valence-electron chi connectivity index (χ4n) is 1.31. The van der Waals surface area contributed by atoms with E-state index in [9.17, 15) is 9.90 Å². The number of hydrogen-bond acceptors (Lipinski definition) is 3. The maximum absolute atomic E-state index is 10.9. The molecular weight excluding hydrogens is 156 g/mol. The number of carbonyl (C=O) groups is 1. The third-order valence-electron chi connectivity index (χ3n) is 2.13. The number of aliphatic hydroxyl groups excluding tert-OH is 1. The number of hydrogen-bond donors (Lipinski definition) is 1. The van der Waals surface area contributed by atoms with Gasteiger partial charge in [-0.3, -0.25) is 4.79 Å². The summed E-state index contributed by atoms with van der Waals surface area (Å²) in [6, 6.07) is 0. The molecule has 1 aliphatic rings. The molecule has 1 unspecified atom stereocenters. The van der Waals surface area contributed by atoms with Gasteiger partial charge in [0.1, 0.15) is 6.10 Å². The predicted octanol–water partition coefficient (Wildman–Crippen LogP) is 1.10. The van der Waals surface area contributed by atoms with E-state index >= 15 is 0 Å². The Bertz CT molecular complexity index is 181. The minimum atomic E-state index is -0.518. The van der Waals surface area contributed by atoms with E-state index in [-0.39, 0.29) is 23.9 Å². The Hall–Kier alpha value is -0.570. The van der Waals surface area contributed by atoms with Gasteiger partial charge in [0.2, 0.25) is 0 Å². The molecule has 0 aliphatic carbocycles. The maximum atomic E-state index is 10.9. The summed E-state index contributed by atoms with van der Waals surface area (Å²) in [5.74, 6) is -0.284. The molecule has 1 heterocycles. The number of aliphatic hydroxyl groups is 1. The van der Waals surface area contributed by atoms with Crippen molar-refractivity contribution >= 4 is 5.97 Å². The third-order valence-corrected chi connectivity index (χ3v) is 2.13. The molecule has 1 N–H and O–H groups in total. The first kappa shape index (κ1) is 9.52. The van der Waals surface area contributed by atoms with Gasteiger partial charge in [0.05, 0.1) is 12.5 Å². The van der Waals surface area contributed by atoms with Gasteiger partial charge in [-0.25, -0.2) is 0 Å². The average Bonchev–Trinajstić information content (AvgIpc) is 1.82. The monoisotopic (exact) mass is 172 g/mol. The summed E-state index contributed by atoms with van der Waals surface area (Å²) in [5, 5.41) is 9.31. The van der Waals surface area contributed by atoms with Crippen LogP contribution in [0.5, 0.6) is 0 Å². The van der Waals surface area contributed by atoms with Crippen LogP contribution in [0, 0.1) is 5.41 Å². The molecule has 0 radical (unpaired) electrons. The Balaban J connectivity index is 2.62. The third kappa shape index (κ3) is 2.21. The number of ether oxygens (including phenoxy) is 1. The molecule has 70 valence electrons. The lowest BCUT2D eigenvalue weighted by Crippen LogP contribution is -2.40. The van der Waals surface area contributed by atoms with Gasteiger partial charge in [0.25, 0.3) is 0 Å². The van der Waals surface area contributed by atoms with Crippen LogP contribution < -0.4 is 0 Å². The van der Waals surface area contributed by atoms with E-state index in [0.717, 1.165) is 0 Å². The van der Waals surface area contributed by atoms with E-state index in [4.69, 9.17) is 4.74 Å². The lowest BCUT2D eigenvalue weighted by molar-refractivity contribution is -0.168. The molecule has 1 fully saturated rings. The molecule has 1 saturated heterocycles. The van der Waals surface area contributed by atoms with E-state index in [1.165, 1.54) is 0 Å². The average molecular weight is 172 g/mol. The van der Waals surface area contributed by atoms with Gasteiger partial charge in [-0.05, 0) is 5.41 Å². The Morgan fingerprint density at radius 3 is 2.50 bits per heavy atom. The first-order valence-electron chi connectivity index (χ1n) is 4.27. The van der Waals surface area contributed by atoms with Crippen molar-refractivity contribution in [1.82, 2.24) is 0 Å². The smallest absolute Gasteiger partial charge is 0.308 e. The highest BCUT2D eigenvalue weighted by molar-refractivity contribution is 5.71. The summed E-state index contributed by atoms with van der Waals surface area (Å²) in [6.07, 6.45) is 0.0474. The molecule has 3 nitrogen and oxygen atoms in total. The number of esters is 1. The molecule has 0 aromatic rings. The first-order chi connectivity index (χ1) is 5.39. The second kappa shape index (κ2) is 3.05. The van der Waals surface area contributed by atoms with E-state index in [2.05, 4.69) is 0 Å². The fraction of sp³-hybridized carbons (Fsp3) is 0.889. The Labute approximate surface area is 72.7 Å². The van der Waals surface area contributed by atoms with Gasteiger partial charge in [0.15, 0.2) is 0 Å². The van der Waals surface area contributed by atoms with Crippen LogP contribution in [0.25, 0.3) is 0 Å². The van der Waals surface area contributed by atoms with Crippen molar-refractivity contribution < 1.29 is 14.6 Å². The largest absolute Gasteiger partial charge is 0.462 e. The van der Waals surface area contributed by atoms with Crippen LogP contribution >= 0.6 is 0 Å². The summed E-state index contributed by atoms with van der Waals surface area (Å²) >= 11 is 0. The summed E-state index contributed by atoms with van der Waals surface area (Å²) in [4.78, 5) is 10.9. The van der Waals surface area contributed by atoms with Crippen molar-refractivity contribution in [1.29, 1.82) is 0 Å². The molecular formula is C9H16O3. The molecule has 12 heavy (non-hydrogen) atoms. The lowest BCUT2D eigenvalue weighted by Gasteiger charge is -2.35. The maximum Gasteiger partial charge on any atom is 0.308 e. The van der Waals surface area contributed by atoms with Crippen LogP contribution in [-0.4, -0.2) is 23.3 Å². The van der Waals surface area contributed by atoms with E-state index in [1.54, 1.807) is 0 Å². The minimum absolute atomic E-state index is 0.0724. The molecule has 0 bridgehead atoms. The first-order valence-corrected chi connectivity index (χ1v) is 4.27. The lowest BCUT2D eigenvalue weighted by atomic mass is 9.84. The van der Waals surface area contributed by atoms with Gasteiger partial charge in [-0.1, -0.05) is 20.8 Å². The van der Waals surface area contributed by atoms with Gasteiger partial charge >= 0.3 is 5.97 Å². The summed E-state index contributed by atoms with van der Waals surface area (Å²) in [7, 11) is 0. The van der Waals surface area contributed by atoms with Gasteiger partial charge < -0.3 is 9.84 Å². The van der Waals surface area contributed by atoms with Crippen molar-refractivity contribution in [3.05, 3.63) is 0 Å². The molecule has 1 aliphatic heterocycles. The van der Waals surface area contributed by atoms with Crippen LogP contribution in [0.15, 0.2) is 0 Å². The van der Waals surface area contributed by atoms with E-state index in [0.29, 0.717) is 6.42 Å². The number of carbonyl (C=O) groups excluding carboxylic acids is 1. The molecule has 1 rings (SSSR count). The van der Waals surface area contributed by atoms with Crippen molar-refractivity contribution in [2.45, 2.75) is 45.8 Å². The Kier molecular flexibility index (Phi) is 2.42. The number of cyclic esters (lactones) is 1. The highest BCUT2D eigenvalue weighted by atomic mass is 16.5. The van der Waals surface area contributed by atoms with E-state index in [1.807, 2.05) is 20.8 Å². The van der Waals surface area contributed by atoms with Crippen LogP contribution in [0.2, 0.25) is 0 Å². The molecule has 3 heteroatoms. The zero-order valence-corrected chi connectivity index (χ0v) is 7.83. The van der Waals surface area contributed by atoms with Gasteiger partial charge in [0, 0.05) is 6.42 Å². The summed E-state index contributed by atoms with van der Waals surface area (Å²) in [6.45, 7) is 6.01. The van der Waals surface area contributed by atoms with Crippen LogP contribution in [0.3, 0.4) is 0 Å². The Morgan fingerprint density at radius 1 is 1.50 bits per heavy atom. The van der Waals surface area contributed by atoms with E-state index < -0.39 is 6.10 Å². The van der Waals surface area contributed by atoms with Crippen molar-refractivity contribution in [3.63, 3.8) is 0 Å². The molecule has 0 aromatic heterocycles. The van der Waals surface area contributed by atoms with Crippen molar-refractivity contribution in [3.8, 4) is 0 Å². The standard InChI is InChI=1S/C9H16O3/c1-9(2,3)7-4-6(10)5-8(11)12-7/h6-7,10H,4-5H2,1-3H3/t6?,7-/m0/s1. The second-order valence-corrected chi connectivity index (χ2v) is 4.44. The zero-order valence-electron chi connectivity index (χ0n) is 7.83. The SMILES string of the molecule is CC(C)(C)[C@@H]1CC(O)CC(=O)O1. The van der Waals surface area contributed by atoms with Gasteiger partial charge in [-0.15, -0.1) is 0 Å². The summed E-state index contributed by atoms with van der Waals surface area (Å²) < 4.78 is 5.12. The normalized spacial score (nSPS) is 31.5. The molecule has 0 spiro atoms. The molecule has 0 saturated carbocycles. The van der Waals surface area contributed by atoms with Crippen LogP contribution in [-0.2, 0) is 9.53 Å². The van der Waals surface area contributed by atoms with Gasteiger partial charge in [-0.2, -0.15) is 0 Å². The molecule has 0 amide bonds. The highest BCUT2D eigenvalue weighted by Crippen LogP contribution is 2.29. The summed E-state index contributed by atoms with van der Waals surface area (Å²) in [5.41, 5.74) is -0.0724. The fourth-order valence-corrected chi connectivity index (χ4v) is 1.31.